The number of primary amides is 1. The van der Waals surface area contributed by atoms with Gasteiger partial charge in [-0.05, 0) is 74.6 Å². The highest BCUT2D eigenvalue weighted by atomic mass is 32.2. The first-order valence-electron chi connectivity index (χ1n) is 28.5. The number of nitrogens with zero attached hydrogens (tertiary/aromatic N) is 1. The Bertz CT molecular complexity index is 2720. The van der Waals surface area contributed by atoms with Crippen LogP contribution in [0.5, 0.6) is 5.75 Å². The second kappa shape index (κ2) is 36.8. The van der Waals surface area contributed by atoms with Crippen molar-refractivity contribution in [1.82, 2.24) is 58.1 Å². The number of hydrogen-bond donors (Lipinski definition) is 15. The molecule has 0 radical (unpaired) electrons. The van der Waals surface area contributed by atoms with Crippen molar-refractivity contribution in [3.8, 4) is 5.75 Å². The van der Waals surface area contributed by atoms with Crippen LogP contribution in [-0.4, -0.2) is 178 Å². The minimum Gasteiger partial charge on any atom is -0.508 e. The Hall–Kier alpha value is -8.83. The average molecular weight is 1220 g/mol. The molecule has 2 aliphatic rings. The van der Waals surface area contributed by atoms with Gasteiger partial charge in [0, 0.05) is 70.5 Å². The van der Waals surface area contributed by atoms with Crippen molar-refractivity contribution in [2.24, 2.45) is 11.5 Å². The number of nitrogens with one attached hydrogen (secondary N) is 11. The molecule has 2 heterocycles. The minimum absolute atomic E-state index is 0.0268. The standard InChI is InChI=1S/C56H80N14O15S/c1-2-12-44(73)64-38(28-34-18-20-35(71)21-19-34)51(81)61-24-9-4-7-17-45(74)66-41(49(57)79)32-86-42-30-47(76)70(55(42)85)26-22-43(72)60-23-10-8-15-37-52(82)67-36(16-11-25-62-56(58)59)50(80)63-31-46(75)65-40(29-48(77)78)54(84)69-39(53(83)68-37)27-33-13-5-3-6-14-33/h3,5-6,13-14,18-21,36-42,71H,2,4,7-12,15-17,22-32H2,1H3,(H2,57,79)(H,60,72)(H,61,81)(H,63,80)(H,64,73)(H,65,75)(H,66,74)(H,67,82)(H,68,83)(H,69,84)(H,77,78)(H4,58,59,62)/t36?,37?,38?,39?,40?,41-,42?/m0/s1. The van der Waals surface area contributed by atoms with Crippen LogP contribution in [0.15, 0.2) is 54.6 Å². The number of thioether (sulfide) groups is 1. The lowest BCUT2D eigenvalue weighted by atomic mass is 10.0. The molecule has 2 fully saturated rings. The van der Waals surface area contributed by atoms with E-state index in [4.69, 9.17) is 16.9 Å². The maximum atomic E-state index is 14.1. The number of phenolic OH excluding ortho intramolecular Hbond substituents is 1. The summed E-state index contributed by atoms with van der Waals surface area (Å²) < 4.78 is 0. The highest BCUT2D eigenvalue weighted by Crippen LogP contribution is 2.26. The molecule has 30 heteroatoms. The number of carboxylic acids is 1. The topological polar surface area (TPSA) is 462 Å². The van der Waals surface area contributed by atoms with E-state index in [0.717, 1.165) is 22.2 Å². The van der Waals surface area contributed by atoms with Gasteiger partial charge in [-0.3, -0.25) is 72.6 Å². The molecule has 6 unspecified atom stereocenters. The third-order valence-electron chi connectivity index (χ3n) is 13.7. The molecule has 0 saturated carbocycles. The van der Waals surface area contributed by atoms with Gasteiger partial charge < -0.3 is 74.8 Å². The zero-order valence-corrected chi connectivity index (χ0v) is 48.8. The average Bonchev–Trinajstić information content (AvgIpc) is 3.45. The number of phenols is 1. The molecule has 2 saturated heterocycles. The summed E-state index contributed by atoms with van der Waals surface area (Å²) in [6.07, 6.45) is 1.61. The fraction of sp³-hybridized carbons (Fsp3) is 0.536. The number of nitrogens with two attached hydrogens (primary N) is 2. The van der Waals surface area contributed by atoms with Crippen molar-refractivity contribution in [1.29, 1.82) is 5.41 Å². The van der Waals surface area contributed by atoms with Gasteiger partial charge in [0.05, 0.1) is 18.2 Å². The summed E-state index contributed by atoms with van der Waals surface area (Å²) in [6, 6.07) is 7.10. The fourth-order valence-electron chi connectivity index (χ4n) is 9.05. The van der Waals surface area contributed by atoms with Crippen molar-refractivity contribution in [3.63, 3.8) is 0 Å². The molecule has 470 valence electrons. The number of aromatic hydroxyl groups is 1. The first-order valence-corrected chi connectivity index (χ1v) is 29.6. The number of hydrogen-bond acceptors (Lipinski definition) is 16. The van der Waals surface area contributed by atoms with Gasteiger partial charge in [-0.1, -0.05) is 55.8 Å². The van der Waals surface area contributed by atoms with Crippen LogP contribution >= 0.6 is 11.8 Å². The lowest BCUT2D eigenvalue weighted by Gasteiger charge is -2.26. The number of imide groups is 1. The largest absolute Gasteiger partial charge is 0.508 e. The lowest BCUT2D eigenvalue weighted by molar-refractivity contribution is -0.141. The molecule has 0 aromatic heterocycles. The van der Waals surface area contributed by atoms with Gasteiger partial charge in [0.25, 0.3) is 0 Å². The van der Waals surface area contributed by atoms with E-state index in [2.05, 4.69) is 53.2 Å². The summed E-state index contributed by atoms with van der Waals surface area (Å²) in [4.78, 5) is 171. The van der Waals surface area contributed by atoms with Crippen LogP contribution in [0, 0.1) is 5.41 Å². The molecule has 2 aromatic carbocycles. The van der Waals surface area contributed by atoms with Gasteiger partial charge in [-0.15, -0.1) is 11.8 Å². The van der Waals surface area contributed by atoms with Crippen LogP contribution in [-0.2, 0) is 75.2 Å². The Balaban J connectivity index is 1.26. The Morgan fingerprint density at radius 2 is 1.27 bits per heavy atom. The Morgan fingerprint density at radius 1 is 0.663 bits per heavy atom. The van der Waals surface area contributed by atoms with E-state index in [9.17, 15) is 72.5 Å². The molecule has 0 aliphatic carbocycles. The highest BCUT2D eigenvalue weighted by Gasteiger charge is 2.40. The minimum atomic E-state index is -1.67. The maximum Gasteiger partial charge on any atom is 0.305 e. The van der Waals surface area contributed by atoms with Crippen molar-refractivity contribution in [3.05, 3.63) is 65.7 Å². The number of carboxylic acid groups (broad SMARTS) is 1. The Kier molecular flexibility index (Phi) is 29.8. The van der Waals surface area contributed by atoms with E-state index in [1.807, 2.05) is 6.92 Å². The number of carbonyl (C=O) groups excluding carboxylic acids is 12. The van der Waals surface area contributed by atoms with Crippen LogP contribution < -0.4 is 64.6 Å². The molecule has 7 atom stereocenters. The number of unbranched alkanes of at least 4 members (excludes halogenated alkanes) is 3. The zero-order valence-electron chi connectivity index (χ0n) is 48.0. The van der Waals surface area contributed by atoms with E-state index < -0.39 is 120 Å². The second-order valence-electron chi connectivity index (χ2n) is 20.7. The number of benzene rings is 2. The maximum absolute atomic E-state index is 14.1. The van der Waals surface area contributed by atoms with Gasteiger partial charge in [0.15, 0.2) is 5.96 Å². The van der Waals surface area contributed by atoms with Crippen LogP contribution in [0.2, 0.25) is 0 Å². The number of guanidine groups is 1. The van der Waals surface area contributed by atoms with Crippen LogP contribution in [0.4, 0.5) is 0 Å². The summed E-state index contributed by atoms with van der Waals surface area (Å²) in [5, 5.41) is 51.6. The summed E-state index contributed by atoms with van der Waals surface area (Å²) in [5.74, 6) is -9.90. The molecule has 2 aromatic rings. The first-order chi connectivity index (χ1) is 41.0. The number of likely N-dealkylation sites (tertiary alicyclic amines) is 1. The van der Waals surface area contributed by atoms with Crippen molar-refractivity contribution < 1.29 is 72.5 Å². The molecule has 4 rings (SSSR count). The van der Waals surface area contributed by atoms with Gasteiger partial charge in [-0.25, -0.2) is 0 Å². The summed E-state index contributed by atoms with van der Waals surface area (Å²) in [6.45, 7) is 1.34. The zero-order chi connectivity index (χ0) is 63.1. The van der Waals surface area contributed by atoms with E-state index in [1.165, 1.54) is 12.1 Å². The first kappa shape index (κ1) is 69.7. The van der Waals surface area contributed by atoms with Crippen LogP contribution in [0.3, 0.4) is 0 Å². The van der Waals surface area contributed by atoms with E-state index in [0.29, 0.717) is 31.2 Å². The number of carbonyl (C=O) groups is 13. The number of aliphatic carboxylic acids is 1. The third-order valence-corrected chi connectivity index (χ3v) is 15.0. The Morgan fingerprint density at radius 3 is 1.94 bits per heavy atom. The summed E-state index contributed by atoms with van der Waals surface area (Å²) in [5.41, 5.74) is 12.3. The smallest absolute Gasteiger partial charge is 0.305 e. The number of amides is 12. The van der Waals surface area contributed by atoms with Gasteiger partial charge in [0.2, 0.25) is 70.9 Å². The van der Waals surface area contributed by atoms with Crippen molar-refractivity contribution in [2.45, 2.75) is 151 Å². The molecule has 29 nitrogen and oxygen atoms in total. The van der Waals surface area contributed by atoms with E-state index in [1.54, 1.807) is 42.5 Å². The number of rotatable bonds is 33. The molecule has 86 heavy (non-hydrogen) atoms. The third kappa shape index (κ3) is 25.6. The quantitative estimate of drug-likeness (QED) is 0.0151. The monoisotopic (exact) mass is 1220 g/mol. The van der Waals surface area contributed by atoms with Crippen molar-refractivity contribution >= 4 is 94.6 Å². The summed E-state index contributed by atoms with van der Waals surface area (Å²) >= 11 is 0.961. The van der Waals surface area contributed by atoms with Crippen molar-refractivity contribution in [2.75, 3.05) is 38.5 Å². The molecule has 2 aliphatic heterocycles. The molecule has 12 amide bonds. The van der Waals surface area contributed by atoms with Crippen LogP contribution in [0.1, 0.15) is 108 Å². The van der Waals surface area contributed by atoms with Gasteiger partial charge in [-0.2, -0.15) is 0 Å². The second-order valence-corrected chi connectivity index (χ2v) is 21.9. The predicted molar refractivity (Wildman–Crippen MR) is 313 cm³/mol. The molecule has 0 bridgehead atoms. The molecular weight excluding hydrogens is 1140 g/mol. The van der Waals surface area contributed by atoms with E-state index >= 15 is 0 Å². The molecular formula is C56H80N14O15S. The highest BCUT2D eigenvalue weighted by molar-refractivity contribution is 8.00. The molecule has 0 spiro atoms. The van der Waals surface area contributed by atoms with Gasteiger partial charge in [0.1, 0.15) is 42.0 Å². The normalized spacial score (nSPS) is 19.2. The van der Waals surface area contributed by atoms with Crippen LogP contribution in [0.25, 0.3) is 0 Å². The summed E-state index contributed by atoms with van der Waals surface area (Å²) in [7, 11) is 0. The molecule has 17 N–H and O–H groups in total. The Labute approximate surface area is 501 Å². The predicted octanol–water partition coefficient (Wildman–Crippen LogP) is -2.55. The lowest BCUT2D eigenvalue weighted by Crippen LogP contribution is -2.58. The SMILES string of the molecule is CCCC(=O)NC(Cc1ccc(O)cc1)C(=O)NCCCCCC(=O)N[C@@H](CSC1CC(=O)N(CCC(=O)NCCCCC2NC(=O)C(Cc3ccccc3)NC(=O)C(CC(=O)O)NC(=O)CNC(=O)C(CCCNC(=N)N)NC2=O)C1=O)C(N)=O. The van der Waals surface area contributed by atoms with E-state index in [-0.39, 0.29) is 126 Å². The van der Waals surface area contributed by atoms with Gasteiger partial charge >= 0.3 is 5.97 Å². The fourth-order valence-corrected chi connectivity index (χ4v) is 10.3.